The molecule has 1 aromatic carbocycles. The van der Waals surface area contributed by atoms with Crippen LogP contribution < -0.4 is 10.3 Å². The Kier molecular flexibility index (Phi) is 7.23. The van der Waals surface area contributed by atoms with Crippen molar-refractivity contribution >= 4 is 5.91 Å². The Balaban J connectivity index is 1.35. The normalized spacial score (nSPS) is 13.8. The Hall–Kier alpha value is -3.62. The van der Waals surface area contributed by atoms with Gasteiger partial charge >= 0.3 is 12.1 Å². The van der Waals surface area contributed by atoms with Gasteiger partial charge in [0.25, 0.3) is 5.56 Å². The second kappa shape index (κ2) is 10.3. The van der Waals surface area contributed by atoms with Crippen LogP contribution in [0.1, 0.15) is 27.9 Å². The number of carbonyl (C=O) groups is 1. The highest BCUT2D eigenvalue weighted by molar-refractivity contribution is 5.82. The molecule has 1 amide bonds. The van der Waals surface area contributed by atoms with Gasteiger partial charge in [-0.2, -0.15) is 13.2 Å². The summed E-state index contributed by atoms with van der Waals surface area (Å²) in [4.78, 5) is 29.3. The summed E-state index contributed by atoms with van der Waals surface area (Å²) in [6, 6.07) is 12.8. The van der Waals surface area contributed by atoms with Crippen molar-refractivity contribution in [1.82, 2.24) is 14.5 Å². The number of aryl methyl sites for hydroxylation is 3. The van der Waals surface area contributed by atoms with Gasteiger partial charge in [0.05, 0.1) is 5.69 Å². The third-order valence-electron chi connectivity index (χ3n) is 6.07. The smallest absolute Gasteiger partial charge is 0.471 e. The van der Waals surface area contributed by atoms with Gasteiger partial charge in [0.1, 0.15) is 12.4 Å². The van der Waals surface area contributed by atoms with Crippen molar-refractivity contribution in [2.45, 2.75) is 45.5 Å². The molecule has 3 heterocycles. The Labute approximate surface area is 201 Å². The molecule has 2 aromatic heterocycles. The minimum Gasteiger partial charge on any atom is -0.487 e. The van der Waals surface area contributed by atoms with Gasteiger partial charge < -0.3 is 14.2 Å². The van der Waals surface area contributed by atoms with Gasteiger partial charge in [-0.25, -0.2) is 0 Å². The predicted octanol–water partition coefficient (Wildman–Crippen LogP) is 3.86. The molecular weight excluding hydrogens is 459 g/mol. The Morgan fingerprint density at radius 1 is 1.06 bits per heavy atom. The van der Waals surface area contributed by atoms with Crippen LogP contribution in [-0.4, -0.2) is 39.6 Å². The number of halogens is 3. The number of nitrogens with zero attached hydrogens (tertiary/aromatic N) is 3. The molecule has 0 bridgehead atoms. The number of hydrogen-bond acceptors (Lipinski definition) is 4. The zero-order chi connectivity index (χ0) is 25.0. The van der Waals surface area contributed by atoms with E-state index in [2.05, 4.69) is 4.98 Å². The lowest BCUT2D eigenvalue weighted by atomic mass is 9.99. The molecule has 0 atom stereocenters. The van der Waals surface area contributed by atoms with Crippen LogP contribution in [0.25, 0.3) is 0 Å². The van der Waals surface area contributed by atoms with Crippen LogP contribution >= 0.6 is 0 Å². The summed E-state index contributed by atoms with van der Waals surface area (Å²) < 4.78 is 45.6. The number of fused-ring (bicyclic) bond motifs is 1. The number of aromatic nitrogens is 2. The summed E-state index contributed by atoms with van der Waals surface area (Å²) in [6.07, 6.45) is -0.0657. The van der Waals surface area contributed by atoms with Crippen LogP contribution in [0, 0.1) is 6.92 Å². The Bertz CT molecular complexity index is 1250. The molecule has 0 N–H and O–H groups in total. The minimum atomic E-state index is -4.85. The molecule has 0 unspecified atom stereocenters. The SMILES string of the molecule is Cc1ccc(COc2ccn(CCc3ccc4c(c3)CCN(C(=O)C(F)(F)F)CC4)c(=O)c2)nc1. The summed E-state index contributed by atoms with van der Waals surface area (Å²) >= 11 is 0. The van der Waals surface area contributed by atoms with Crippen LogP contribution in [0.2, 0.25) is 0 Å². The van der Waals surface area contributed by atoms with E-state index in [1.165, 1.54) is 6.07 Å². The van der Waals surface area contributed by atoms with Gasteiger partial charge in [-0.15, -0.1) is 0 Å². The fourth-order valence-electron chi connectivity index (χ4n) is 4.07. The van der Waals surface area contributed by atoms with Crippen LogP contribution in [0.3, 0.4) is 0 Å². The van der Waals surface area contributed by atoms with E-state index < -0.39 is 12.1 Å². The highest BCUT2D eigenvalue weighted by Crippen LogP contribution is 2.23. The van der Waals surface area contributed by atoms with E-state index in [-0.39, 0.29) is 25.3 Å². The largest absolute Gasteiger partial charge is 0.487 e. The maximum Gasteiger partial charge on any atom is 0.471 e. The first-order valence-electron chi connectivity index (χ1n) is 11.4. The molecule has 6 nitrogen and oxygen atoms in total. The van der Waals surface area contributed by atoms with Crippen LogP contribution in [-0.2, 0) is 37.2 Å². The van der Waals surface area contributed by atoms with E-state index in [1.54, 1.807) is 23.0 Å². The number of rotatable bonds is 6. The molecule has 35 heavy (non-hydrogen) atoms. The van der Waals surface area contributed by atoms with Gasteiger partial charge in [-0.3, -0.25) is 14.6 Å². The van der Waals surface area contributed by atoms with Crippen molar-refractivity contribution in [3.05, 3.63) is 93.2 Å². The molecule has 0 aliphatic carbocycles. The molecule has 0 saturated carbocycles. The first kappa shape index (κ1) is 24.5. The maximum atomic E-state index is 12.8. The molecule has 4 rings (SSSR count). The van der Waals surface area contributed by atoms with Crippen molar-refractivity contribution in [2.75, 3.05) is 13.1 Å². The summed E-state index contributed by atoms with van der Waals surface area (Å²) in [6.45, 7) is 2.76. The average Bonchev–Trinajstić information content (AvgIpc) is 3.04. The number of benzene rings is 1. The highest BCUT2D eigenvalue weighted by Gasteiger charge is 2.42. The zero-order valence-corrected chi connectivity index (χ0v) is 19.3. The van der Waals surface area contributed by atoms with Crippen molar-refractivity contribution < 1.29 is 22.7 Å². The van der Waals surface area contributed by atoms with Crippen molar-refractivity contribution in [2.24, 2.45) is 0 Å². The van der Waals surface area contributed by atoms with Gasteiger partial charge in [0, 0.05) is 38.1 Å². The Morgan fingerprint density at radius 2 is 1.83 bits per heavy atom. The zero-order valence-electron chi connectivity index (χ0n) is 19.3. The molecular formula is C26H26F3N3O3. The third kappa shape index (κ3) is 6.29. The predicted molar refractivity (Wildman–Crippen MR) is 124 cm³/mol. The minimum absolute atomic E-state index is 0.0355. The fraction of sp³-hybridized carbons (Fsp3) is 0.346. The monoisotopic (exact) mass is 485 g/mol. The maximum absolute atomic E-state index is 12.8. The second-order valence-electron chi connectivity index (χ2n) is 8.65. The topological polar surface area (TPSA) is 64.4 Å². The van der Waals surface area contributed by atoms with E-state index in [0.717, 1.165) is 32.8 Å². The number of pyridine rings is 2. The lowest BCUT2D eigenvalue weighted by Gasteiger charge is -2.21. The van der Waals surface area contributed by atoms with E-state index in [9.17, 15) is 22.8 Å². The first-order valence-corrected chi connectivity index (χ1v) is 11.4. The molecule has 0 spiro atoms. The summed E-state index contributed by atoms with van der Waals surface area (Å²) in [5, 5.41) is 0. The van der Waals surface area contributed by atoms with Gasteiger partial charge in [-0.05, 0) is 60.6 Å². The van der Waals surface area contributed by atoms with E-state index >= 15 is 0 Å². The van der Waals surface area contributed by atoms with E-state index in [0.29, 0.717) is 31.6 Å². The van der Waals surface area contributed by atoms with Crippen LogP contribution in [0.4, 0.5) is 13.2 Å². The Morgan fingerprint density at radius 3 is 2.51 bits per heavy atom. The number of amides is 1. The van der Waals surface area contributed by atoms with Crippen molar-refractivity contribution in [3.63, 3.8) is 0 Å². The highest BCUT2D eigenvalue weighted by atomic mass is 19.4. The summed E-state index contributed by atoms with van der Waals surface area (Å²) in [7, 11) is 0. The van der Waals surface area contributed by atoms with Gasteiger partial charge in [0.15, 0.2) is 0 Å². The fourth-order valence-corrected chi connectivity index (χ4v) is 4.07. The number of hydrogen-bond donors (Lipinski definition) is 0. The number of alkyl halides is 3. The molecule has 1 aliphatic heterocycles. The lowest BCUT2D eigenvalue weighted by Crippen LogP contribution is -2.42. The first-order chi connectivity index (χ1) is 16.7. The van der Waals surface area contributed by atoms with Crippen LogP contribution in [0.5, 0.6) is 5.75 Å². The molecule has 0 saturated heterocycles. The lowest BCUT2D eigenvalue weighted by molar-refractivity contribution is -0.185. The van der Waals surface area contributed by atoms with E-state index in [1.807, 2.05) is 37.3 Å². The standard InChI is InChI=1S/C26H26F3N3O3/c1-18-2-5-22(30-16-18)17-35-23-9-13-31(24(33)15-23)10-6-19-3-4-20-7-11-32(12-8-21(20)14-19)25(34)26(27,28)29/h2-5,9,13-16H,6-8,10-12,17H2,1H3. The molecule has 0 radical (unpaired) electrons. The van der Waals surface area contributed by atoms with Crippen molar-refractivity contribution in [3.8, 4) is 5.75 Å². The molecule has 3 aromatic rings. The summed E-state index contributed by atoms with van der Waals surface area (Å²) in [5.41, 5.74) is 4.53. The van der Waals surface area contributed by atoms with Gasteiger partial charge in [-0.1, -0.05) is 24.3 Å². The number of ether oxygens (including phenoxy) is 1. The average molecular weight is 486 g/mol. The van der Waals surface area contributed by atoms with Gasteiger partial charge in [0.2, 0.25) is 0 Å². The number of carbonyl (C=O) groups excluding carboxylic acids is 1. The third-order valence-corrected chi connectivity index (χ3v) is 6.07. The molecule has 9 heteroatoms. The van der Waals surface area contributed by atoms with Crippen LogP contribution in [0.15, 0.2) is 59.7 Å². The molecule has 184 valence electrons. The molecule has 0 fully saturated rings. The quantitative estimate of drug-likeness (QED) is 0.532. The van der Waals surface area contributed by atoms with E-state index in [4.69, 9.17) is 4.74 Å². The van der Waals surface area contributed by atoms with Crippen molar-refractivity contribution in [1.29, 1.82) is 0 Å². The second-order valence-corrected chi connectivity index (χ2v) is 8.65. The summed E-state index contributed by atoms with van der Waals surface area (Å²) in [5.74, 6) is -1.32. The molecule has 1 aliphatic rings.